The molecule has 1 aliphatic rings. The zero-order valence-corrected chi connectivity index (χ0v) is 20.4. The monoisotopic (exact) mass is 484 g/mol. The molecule has 3 aromatic carbocycles. The molecular weight excluding hydrogens is 460 g/mol. The van der Waals surface area contributed by atoms with Crippen LogP contribution in [0.4, 0.5) is 5.69 Å². The number of benzene rings is 3. The molecule has 0 radical (unpaired) electrons. The number of anilines is 1. The van der Waals surface area contributed by atoms with Crippen molar-refractivity contribution in [1.82, 2.24) is 15.5 Å². The topological polar surface area (TPSA) is 72.7 Å². The van der Waals surface area contributed by atoms with Gasteiger partial charge in [0.2, 0.25) is 5.82 Å². The minimum absolute atomic E-state index is 0.267. The van der Waals surface area contributed by atoms with Crippen LogP contribution in [0.25, 0.3) is 17.0 Å². The highest BCUT2D eigenvalue weighted by Crippen LogP contribution is 2.40. The molecule has 0 amide bonds. The molecule has 8 heteroatoms. The maximum absolute atomic E-state index is 5.84. The van der Waals surface area contributed by atoms with Crippen molar-refractivity contribution in [3.63, 3.8) is 0 Å². The molecule has 1 aliphatic heterocycles. The van der Waals surface area contributed by atoms with E-state index in [9.17, 15) is 0 Å². The van der Waals surface area contributed by atoms with Crippen LogP contribution in [0.1, 0.15) is 24.4 Å². The normalized spacial score (nSPS) is 15.7. The van der Waals surface area contributed by atoms with Crippen LogP contribution < -0.4 is 19.7 Å². The summed E-state index contributed by atoms with van der Waals surface area (Å²) in [5.41, 5.74) is 4.41. The minimum atomic E-state index is -0.267. The second-order valence-electron chi connectivity index (χ2n) is 7.99. The first-order valence-corrected chi connectivity index (χ1v) is 11.5. The van der Waals surface area contributed by atoms with Crippen molar-refractivity contribution in [3.8, 4) is 22.9 Å². The Morgan fingerprint density at radius 2 is 1.54 bits per heavy atom. The summed E-state index contributed by atoms with van der Waals surface area (Å²) in [4.78, 5) is 6.69. The number of rotatable bonds is 6. The predicted molar refractivity (Wildman–Crippen MR) is 139 cm³/mol. The van der Waals surface area contributed by atoms with Gasteiger partial charge in [0.1, 0.15) is 11.5 Å². The van der Waals surface area contributed by atoms with Crippen molar-refractivity contribution in [2.75, 3.05) is 19.1 Å². The Balaban J connectivity index is 1.67. The van der Waals surface area contributed by atoms with Crippen LogP contribution in [0.3, 0.4) is 0 Å². The first-order valence-electron chi connectivity index (χ1n) is 11.1. The lowest BCUT2D eigenvalue weighted by atomic mass is 9.94. The fourth-order valence-corrected chi connectivity index (χ4v) is 4.55. The van der Waals surface area contributed by atoms with Crippen LogP contribution in [-0.4, -0.2) is 29.5 Å². The van der Waals surface area contributed by atoms with Crippen LogP contribution in [-0.2, 0) is 0 Å². The number of nitrogens with zero attached hydrogens (tertiary/aromatic N) is 3. The summed E-state index contributed by atoms with van der Waals surface area (Å²) < 4.78 is 16.8. The molecule has 35 heavy (non-hydrogen) atoms. The van der Waals surface area contributed by atoms with Crippen LogP contribution in [0.15, 0.2) is 89.1 Å². The van der Waals surface area contributed by atoms with Crippen LogP contribution in [0.5, 0.6) is 11.5 Å². The highest BCUT2D eigenvalue weighted by atomic mass is 32.1. The maximum atomic E-state index is 5.84. The van der Waals surface area contributed by atoms with Gasteiger partial charge in [0.05, 0.1) is 31.5 Å². The molecule has 1 aromatic heterocycles. The minimum Gasteiger partial charge on any atom is -0.497 e. The van der Waals surface area contributed by atoms with Gasteiger partial charge in [-0.05, 0) is 24.7 Å². The molecule has 1 unspecified atom stereocenters. The van der Waals surface area contributed by atoms with E-state index in [1.54, 1.807) is 14.2 Å². The number of thiocarbonyl (C=S) groups is 1. The molecule has 0 saturated carbocycles. The van der Waals surface area contributed by atoms with E-state index in [4.69, 9.17) is 31.2 Å². The van der Waals surface area contributed by atoms with Crippen LogP contribution in [0, 0.1) is 0 Å². The summed E-state index contributed by atoms with van der Waals surface area (Å²) in [5, 5.41) is 8.27. The number of ether oxygens (including phenoxy) is 2. The zero-order chi connectivity index (χ0) is 24.4. The Bertz CT molecular complexity index is 1360. The largest absolute Gasteiger partial charge is 0.497 e. The fraction of sp³-hybridized carbons (Fsp3) is 0.148. The Morgan fingerprint density at radius 1 is 0.914 bits per heavy atom. The molecule has 7 nitrogen and oxygen atoms in total. The van der Waals surface area contributed by atoms with Gasteiger partial charge in [0.25, 0.3) is 5.89 Å². The molecule has 1 atom stereocenters. The SMILES string of the molecule is COc1cc(OC)cc(N2C(=S)NC(c3ccccc3)C(c3nc(-c4ccccc4)no3)=C2C)c1. The van der Waals surface area contributed by atoms with Crippen molar-refractivity contribution in [2.45, 2.75) is 13.0 Å². The van der Waals surface area contributed by atoms with Gasteiger partial charge >= 0.3 is 0 Å². The molecule has 0 aliphatic carbocycles. The second-order valence-corrected chi connectivity index (χ2v) is 8.37. The molecule has 0 bridgehead atoms. The summed E-state index contributed by atoms with van der Waals surface area (Å²) in [7, 11) is 3.24. The van der Waals surface area contributed by atoms with E-state index in [1.807, 2.05) is 90.7 Å². The van der Waals surface area contributed by atoms with Gasteiger partial charge in [0, 0.05) is 29.5 Å². The lowest BCUT2D eigenvalue weighted by molar-refractivity contribution is 0.394. The van der Waals surface area contributed by atoms with Crippen molar-refractivity contribution < 1.29 is 14.0 Å². The van der Waals surface area contributed by atoms with E-state index < -0.39 is 0 Å². The van der Waals surface area contributed by atoms with Crippen molar-refractivity contribution in [3.05, 3.63) is 96.0 Å². The van der Waals surface area contributed by atoms with Crippen molar-refractivity contribution >= 4 is 28.6 Å². The average Bonchev–Trinajstić information content (AvgIpc) is 3.39. The van der Waals surface area contributed by atoms with Crippen LogP contribution in [0.2, 0.25) is 0 Å². The van der Waals surface area contributed by atoms with E-state index in [0.717, 1.165) is 28.1 Å². The first-order chi connectivity index (χ1) is 17.1. The van der Waals surface area contributed by atoms with Crippen molar-refractivity contribution in [2.24, 2.45) is 0 Å². The number of nitrogens with one attached hydrogen (secondary N) is 1. The van der Waals surface area contributed by atoms with E-state index in [-0.39, 0.29) is 6.04 Å². The molecule has 4 aromatic rings. The van der Waals surface area contributed by atoms with Gasteiger partial charge in [-0.2, -0.15) is 4.98 Å². The number of hydrogen-bond acceptors (Lipinski definition) is 6. The summed E-state index contributed by atoms with van der Waals surface area (Å²) in [5.74, 6) is 2.26. The van der Waals surface area contributed by atoms with Crippen LogP contribution >= 0.6 is 12.2 Å². The number of aromatic nitrogens is 2. The fourth-order valence-electron chi connectivity index (χ4n) is 4.19. The Labute approximate surface area is 209 Å². The standard InChI is InChI=1S/C27H24N4O3S/c1-17-23(26-29-25(30-34-26)19-12-8-5-9-13-19)24(18-10-6-4-7-11-18)28-27(35)31(17)20-14-21(32-2)16-22(15-20)33-3/h4-16,24H,1-3H3,(H,28,35). The number of hydrogen-bond donors (Lipinski definition) is 1. The van der Waals surface area contributed by atoms with E-state index in [2.05, 4.69) is 10.5 Å². The third kappa shape index (κ3) is 4.36. The molecule has 2 heterocycles. The quantitative estimate of drug-likeness (QED) is 0.354. The van der Waals surface area contributed by atoms with Gasteiger partial charge in [-0.1, -0.05) is 65.8 Å². The van der Waals surface area contributed by atoms with Gasteiger partial charge in [-0.25, -0.2) is 0 Å². The third-order valence-corrected chi connectivity index (χ3v) is 6.20. The zero-order valence-electron chi connectivity index (χ0n) is 19.6. The molecule has 0 saturated heterocycles. The molecule has 0 spiro atoms. The molecular formula is C27H24N4O3S. The van der Waals surface area contributed by atoms with Gasteiger partial charge in [0.15, 0.2) is 5.11 Å². The predicted octanol–water partition coefficient (Wildman–Crippen LogP) is 5.62. The maximum Gasteiger partial charge on any atom is 0.258 e. The molecule has 5 rings (SSSR count). The summed E-state index contributed by atoms with van der Waals surface area (Å²) in [6.07, 6.45) is 0. The highest BCUT2D eigenvalue weighted by Gasteiger charge is 2.35. The second kappa shape index (κ2) is 9.60. The van der Waals surface area contributed by atoms with E-state index in [1.165, 1.54) is 0 Å². The Hall–Kier alpha value is -4.17. The Morgan fingerprint density at radius 3 is 2.17 bits per heavy atom. The third-order valence-electron chi connectivity index (χ3n) is 5.90. The molecule has 176 valence electrons. The van der Waals surface area contributed by atoms with Gasteiger partial charge in [-0.3, -0.25) is 4.90 Å². The number of allylic oxidation sites excluding steroid dienone is 1. The summed E-state index contributed by atoms with van der Waals surface area (Å²) in [6, 6.07) is 25.2. The summed E-state index contributed by atoms with van der Waals surface area (Å²) >= 11 is 5.84. The average molecular weight is 485 g/mol. The van der Waals surface area contributed by atoms with Crippen molar-refractivity contribution in [1.29, 1.82) is 0 Å². The Kier molecular flexibility index (Phi) is 6.20. The van der Waals surface area contributed by atoms with Gasteiger partial charge in [-0.15, -0.1) is 0 Å². The van der Waals surface area contributed by atoms with E-state index >= 15 is 0 Å². The lowest BCUT2D eigenvalue weighted by Crippen LogP contribution is -2.46. The summed E-state index contributed by atoms with van der Waals surface area (Å²) in [6.45, 7) is 2.00. The first kappa shape index (κ1) is 22.6. The molecule has 1 N–H and O–H groups in total. The molecule has 0 fully saturated rings. The lowest BCUT2D eigenvalue weighted by Gasteiger charge is -2.37. The smallest absolute Gasteiger partial charge is 0.258 e. The highest BCUT2D eigenvalue weighted by molar-refractivity contribution is 7.80. The van der Waals surface area contributed by atoms with E-state index in [0.29, 0.717) is 28.3 Å². The van der Waals surface area contributed by atoms with Gasteiger partial charge < -0.3 is 19.3 Å². The number of methoxy groups -OCH3 is 2.